The topological polar surface area (TPSA) is 51.0 Å². The highest BCUT2D eigenvalue weighted by atomic mass is 32.2. The predicted octanol–water partition coefficient (Wildman–Crippen LogP) is 5.18. The van der Waals surface area contributed by atoms with Crippen LogP contribution in [0.25, 0.3) is 11.4 Å². The molecule has 0 spiro atoms. The van der Waals surface area contributed by atoms with E-state index in [0.29, 0.717) is 5.75 Å². The highest BCUT2D eigenvalue weighted by Gasteiger charge is 2.20. The SMILES string of the molecule is CCN(C(=O)CSc1nnc(-c2ccc(C(C)(C)C)cc2)n1C)C1=CCCCC1. The average molecular weight is 413 g/mol. The Hall–Kier alpha value is -2.08. The number of carbonyl (C=O) groups is 1. The molecular formula is C23H32N4OS. The zero-order valence-electron chi connectivity index (χ0n) is 18.2. The minimum atomic E-state index is 0.124. The van der Waals surface area contributed by atoms with Crippen molar-refractivity contribution in [2.24, 2.45) is 7.05 Å². The Morgan fingerprint density at radius 3 is 2.48 bits per heavy atom. The summed E-state index contributed by atoms with van der Waals surface area (Å²) < 4.78 is 1.97. The molecule has 1 aromatic heterocycles. The summed E-state index contributed by atoms with van der Waals surface area (Å²) in [6.07, 6.45) is 6.69. The molecule has 0 N–H and O–H groups in total. The van der Waals surface area contributed by atoms with Gasteiger partial charge in [0.2, 0.25) is 5.91 Å². The van der Waals surface area contributed by atoms with Crippen LogP contribution in [-0.2, 0) is 17.3 Å². The van der Waals surface area contributed by atoms with Crippen LogP contribution in [0.15, 0.2) is 41.2 Å². The van der Waals surface area contributed by atoms with Crippen LogP contribution in [0, 0.1) is 0 Å². The van der Waals surface area contributed by atoms with Crippen LogP contribution in [0.5, 0.6) is 0 Å². The van der Waals surface area contributed by atoms with Gasteiger partial charge in [-0.2, -0.15) is 0 Å². The summed E-state index contributed by atoms with van der Waals surface area (Å²) in [5, 5.41) is 9.46. The maximum atomic E-state index is 12.8. The zero-order chi connectivity index (χ0) is 21.0. The minimum Gasteiger partial charge on any atom is -0.316 e. The number of allylic oxidation sites excluding steroid dienone is 2. The molecule has 0 saturated carbocycles. The van der Waals surface area contributed by atoms with E-state index in [9.17, 15) is 4.79 Å². The second-order valence-electron chi connectivity index (χ2n) is 8.56. The second kappa shape index (κ2) is 9.16. The van der Waals surface area contributed by atoms with Crippen molar-refractivity contribution in [2.75, 3.05) is 12.3 Å². The van der Waals surface area contributed by atoms with Gasteiger partial charge in [-0.3, -0.25) is 4.79 Å². The van der Waals surface area contributed by atoms with Gasteiger partial charge in [-0.15, -0.1) is 10.2 Å². The van der Waals surface area contributed by atoms with Gasteiger partial charge in [-0.25, -0.2) is 0 Å². The van der Waals surface area contributed by atoms with Crippen molar-refractivity contribution >= 4 is 17.7 Å². The summed E-state index contributed by atoms with van der Waals surface area (Å²) in [7, 11) is 1.96. The number of benzene rings is 1. The highest BCUT2D eigenvalue weighted by molar-refractivity contribution is 7.99. The van der Waals surface area contributed by atoms with Crippen LogP contribution in [0.3, 0.4) is 0 Å². The fourth-order valence-electron chi connectivity index (χ4n) is 3.62. The lowest BCUT2D eigenvalue weighted by Crippen LogP contribution is -2.32. The van der Waals surface area contributed by atoms with Crippen molar-refractivity contribution in [3.63, 3.8) is 0 Å². The van der Waals surface area contributed by atoms with Gasteiger partial charge in [0.15, 0.2) is 11.0 Å². The molecule has 3 rings (SSSR count). The average Bonchev–Trinajstić information content (AvgIpc) is 3.07. The Balaban J connectivity index is 1.68. The van der Waals surface area contributed by atoms with Gasteiger partial charge >= 0.3 is 0 Å². The Bertz CT molecular complexity index is 877. The molecule has 0 radical (unpaired) electrons. The van der Waals surface area contributed by atoms with Crippen molar-refractivity contribution in [2.45, 2.75) is 63.9 Å². The smallest absolute Gasteiger partial charge is 0.237 e. The van der Waals surface area contributed by atoms with E-state index in [4.69, 9.17) is 0 Å². The van der Waals surface area contributed by atoms with E-state index < -0.39 is 0 Å². The van der Waals surface area contributed by atoms with Gasteiger partial charge < -0.3 is 9.47 Å². The number of rotatable bonds is 6. The van der Waals surface area contributed by atoms with Crippen LogP contribution >= 0.6 is 11.8 Å². The van der Waals surface area contributed by atoms with Crippen molar-refractivity contribution in [3.05, 3.63) is 41.6 Å². The van der Waals surface area contributed by atoms with Gasteiger partial charge in [0, 0.05) is 24.9 Å². The van der Waals surface area contributed by atoms with Gasteiger partial charge in [-0.05, 0) is 43.6 Å². The van der Waals surface area contributed by atoms with Crippen LogP contribution in [0.1, 0.15) is 58.9 Å². The van der Waals surface area contributed by atoms with Crippen molar-refractivity contribution in [1.82, 2.24) is 19.7 Å². The molecule has 1 aromatic carbocycles. The lowest BCUT2D eigenvalue weighted by molar-refractivity contribution is -0.126. The first kappa shape index (κ1) is 21.6. The molecule has 2 aromatic rings. The molecule has 0 saturated heterocycles. The predicted molar refractivity (Wildman–Crippen MR) is 120 cm³/mol. The van der Waals surface area contributed by atoms with Gasteiger partial charge in [0.1, 0.15) is 0 Å². The summed E-state index contributed by atoms with van der Waals surface area (Å²) in [5.74, 6) is 1.34. The molecule has 6 heteroatoms. The Morgan fingerprint density at radius 2 is 1.90 bits per heavy atom. The normalized spacial score (nSPS) is 14.6. The minimum absolute atomic E-state index is 0.124. The molecule has 0 unspecified atom stereocenters. The molecule has 0 aliphatic heterocycles. The maximum Gasteiger partial charge on any atom is 0.237 e. The van der Waals surface area contributed by atoms with E-state index in [1.165, 1.54) is 35.9 Å². The van der Waals surface area contributed by atoms with E-state index in [-0.39, 0.29) is 11.3 Å². The number of thioether (sulfide) groups is 1. The molecular weight excluding hydrogens is 380 g/mol. The molecule has 156 valence electrons. The summed E-state index contributed by atoms with van der Waals surface area (Å²) in [6, 6.07) is 8.49. The van der Waals surface area contributed by atoms with Crippen LogP contribution < -0.4 is 0 Å². The Labute approximate surface area is 178 Å². The first-order valence-corrected chi connectivity index (χ1v) is 11.4. The summed E-state index contributed by atoms with van der Waals surface area (Å²) in [6.45, 7) is 9.38. The molecule has 5 nitrogen and oxygen atoms in total. The van der Waals surface area contributed by atoms with E-state index >= 15 is 0 Å². The van der Waals surface area contributed by atoms with E-state index in [1.807, 2.05) is 23.4 Å². The largest absolute Gasteiger partial charge is 0.316 e. The number of amides is 1. The third kappa shape index (κ3) is 5.10. The second-order valence-corrected chi connectivity index (χ2v) is 9.50. The maximum absolute atomic E-state index is 12.8. The van der Waals surface area contributed by atoms with Crippen molar-refractivity contribution in [3.8, 4) is 11.4 Å². The number of carbonyl (C=O) groups excluding carboxylic acids is 1. The van der Waals surface area contributed by atoms with Crippen molar-refractivity contribution in [1.29, 1.82) is 0 Å². The summed E-state index contributed by atoms with van der Waals surface area (Å²) in [5.41, 5.74) is 3.63. The lowest BCUT2D eigenvalue weighted by atomic mass is 9.87. The molecule has 1 aliphatic carbocycles. The number of nitrogens with zero attached hydrogens (tertiary/aromatic N) is 4. The Kier molecular flexibility index (Phi) is 6.83. The molecule has 1 aliphatic rings. The molecule has 1 heterocycles. The first-order chi connectivity index (χ1) is 13.8. The number of hydrogen-bond acceptors (Lipinski definition) is 4. The number of aromatic nitrogens is 3. The van der Waals surface area contributed by atoms with Gasteiger partial charge in [0.25, 0.3) is 0 Å². The number of hydrogen-bond donors (Lipinski definition) is 0. The van der Waals surface area contributed by atoms with Crippen LogP contribution in [-0.4, -0.2) is 37.9 Å². The summed E-state index contributed by atoms with van der Waals surface area (Å²) >= 11 is 1.46. The van der Waals surface area contributed by atoms with E-state index in [0.717, 1.165) is 35.9 Å². The molecule has 1 amide bonds. The van der Waals surface area contributed by atoms with E-state index in [2.05, 4.69) is 61.3 Å². The van der Waals surface area contributed by atoms with E-state index in [1.54, 1.807) is 0 Å². The lowest BCUT2D eigenvalue weighted by Gasteiger charge is -2.26. The van der Waals surface area contributed by atoms with Crippen LogP contribution in [0.4, 0.5) is 0 Å². The van der Waals surface area contributed by atoms with Crippen LogP contribution in [0.2, 0.25) is 0 Å². The third-order valence-corrected chi connectivity index (χ3v) is 6.40. The Morgan fingerprint density at radius 1 is 1.17 bits per heavy atom. The summed E-state index contributed by atoms with van der Waals surface area (Å²) in [4.78, 5) is 14.7. The highest BCUT2D eigenvalue weighted by Crippen LogP contribution is 2.28. The van der Waals surface area contributed by atoms with Crippen molar-refractivity contribution < 1.29 is 4.79 Å². The molecule has 29 heavy (non-hydrogen) atoms. The quantitative estimate of drug-likeness (QED) is 0.614. The first-order valence-electron chi connectivity index (χ1n) is 10.4. The fraction of sp³-hybridized carbons (Fsp3) is 0.522. The zero-order valence-corrected chi connectivity index (χ0v) is 19.1. The standard InChI is InChI=1S/C23H32N4OS/c1-6-27(19-10-8-7-9-11-19)20(28)16-29-22-25-24-21(26(22)5)17-12-14-18(15-13-17)23(2,3)4/h10,12-15H,6-9,11,16H2,1-5H3. The molecule has 0 fully saturated rings. The monoisotopic (exact) mass is 412 g/mol. The fourth-order valence-corrected chi connectivity index (χ4v) is 4.41. The van der Waals surface area contributed by atoms with Gasteiger partial charge in [0.05, 0.1) is 5.75 Å². The molecule has 0 bridgehead atoms. The molecule has 0 atom stereocenters. The third-order valence-electron chi connectivity index (χ3n) is 5.40. The van der Waals surface area contributed by atoms with Gasteiger partial charge in [-0.1, -0.05) is 62.9 Å².